The zero-order chi connectivity index (χ0) is 23.4. The summed E-state index contributed by atoms with van der Waals surface area (Å²) < 4.78 is 2.77. The first kappa shape index (κ1) is 22.6. The third-order valence-corrected chi connectivity index (χ3v) is 5.59. The van der Waals surface area contributed by atoms with E-state index in [9.17, 15) is 15.2 Å². The fourth-order valence-corrected chi connectivity index (χ4v) is 4.20. The van der Waals surface area contributed by atoms with Crippen molar-refractivity contribution >= 4 is 55.9 Å². The summed E-state index contributed by atoms with van der Waals surface area (Å²) in [6, 6.07) is 19.2. The lowest BCUT2D eigenvalue weighted by Crippen LogP contribution is -1.92. The van der Waals surface area contributed by atoms with E-state index in [1.807, 2.05) is 30.3 Å². The monoisotopic (exact) mass is 567 g/mol. The fraction of sp³-hybridized carbons (Fsp3) is 0. The molecule has 0 radical (unpaired) electrons. The normalized spacial score (nSPS) is 11.5. The highest BCUT2D eigenvalue weighted by molar-refractivity contribution is 9.11. The van der Waals surface area contributed by atoms with E-state index >= 15 is 0 Å². The molecule has 33 heavy (non-hydrogen) atoms. The van der Waals surface area contributed by atoms with Gasteiger partial charge in [0.2, 0.25) is 0 Å². The number of benzene rings is 3. The third-order valence-electron chi connectivity index (χ3n) is 4.53. The minimum Gasteiger partial charge on any atom is -0.506 e. The van der Waals surface area contributed by atoms with Gasteiger partial charge in [-0.25, -0.2) is 14.7 Å². The maximum absolute atomic E-state index is 11.0. The summed E-state index contributed by atoms with van der Waals surface area (Å²) in [5, 5.41) is 25.7. The van der Waals surface area contributed by atoms with Gasteiger partial charge >= 0.3 is 0 Å². The van der Waals surface area contributed by atoms with Crippen molar-refractivity contribution in [1.82, 2.24) is 9.66 Å². The average Bonchev–Trinajstić information content (AvgIpc) is 3.23. The van der Waals surface area contributed by atoms with Crippen molar-refractivity contribution in [3.05, 3.63) is 103 Å². The Hall–Kier alpha value is -3.63. The fourth-order valence-electron chi connectivity index (χ4n) is 2.94. The Labute approximate surface area is 205 Å². The van der Waals surface area contributed by atoms with Crippen molar-refractivity contribution in [3.63, 3.8) is 0 Å². The van der Waals surface area contributed by atoms with Crippen LogP contribution >= 0.6 is 31.9 Å². The van der Waals surface area contributed by atoms with Gasteiger partial charge in [-0.3, -0.25) is 10.1 Å². The lowest BCUT2D eigenvalue weighted by atomic mass is 10.2. The molecule has 1 N–H and O–H groups in total. The van der Waals surface area contributed by atoms with E-state index in [1.165, 1.54) is 29.2 Å². The molecule has 0 saturated carbocycles. The molecular weight excluding hydrogens is 554 g/mol. The molecule has 0 saturated heterocycles. The van der Waals surface area contributed by atoms with E-state index < -0.39 is 4.92 Å². The summed E-state index contributed by atoms with van der Waals surface area (Å²) in [6.45, 7) is 0. The summed E-state index contributed by atoms with van der Waals surface area (Å²) >= 11 is 6.70. The predicted molar refractivity (Wildman–Crippen MR) is 135 cm³/mol. The molecular formula is C23H15Br2N5O3. The Morgan fingerprint density at radius 2 is 1.82 bits per heavy atom. The smallest absolute Gasteiger partial charge is 0.270 e. The lowest BCUT2D eigenvalue weighted by Gasteiger charge is -2.02. The number of aliphatic imine (C=N–C) groups is 1. The topological polar surface area (TPSA) is 106 Å². The van der Waals surface area contributed by atoms with E-state index in [0.717, 1.165) is 10.0 Å². The van der Waals surface area contributed by atoms with Gasteiger partial charge in [0.15, 0.2) is 0 Å². The molecule has 0 aliphatic heterocycles. The zero-order valence-corrected chi connectivity index (χ0v) is 20.0. The number of non-ortho nitro benzene ring substituents is 1. The predicted octanol–water partition coefficient (Wildman–Crippen LogP) is 6.32. The highest BCUT2D eigenvalue weighted by Crippen LogP contribution is 2.31. The first-order valence-corrected chi connectivity index (χ1v) is 11.1. The molecule has 0 unspecified atom stereocenters. The van der Waals surface area contributed by atoms with E-state index in [2.05, 4.69) is 46.9 Å². The number of nitrogens with zero attached hydrogens (tertiary/aromatic N) is 5. The number of halogens is 2. The van der Waals surface area contributed by atoms with Gasteiger partial charge in [-0.1, -0.05) is 58.4 Å². The Balaban J connectivity index is 1.74. The van der Waals surface area contributed by atoms with Crippen molar-refractivity contribution in [2.45, 2.75) is 0 Å². The van der Waals surface area contributed by atoms with Gasteiger partial charge in [0.1, 0.15) is 5.75 Å². The number of phenolic OH excluding ortho intramolecular Hbond substituents is 1. The van der Waals surface area contributed by atoms with Gasteiger partial charge in [-0.15, -0.1) is 0 Å². The molecule has 4 aromatic rings. The molecule has 0 spiro atoms. The summed E-state index contributed by atoms with van der Waals surface area (Å²) in [7, 11) is 0. The second-order valence-corrected chi connectivity index (χ2v) is 8.59. The van der Waals surface area contributed by atoms with Gasteiger partial charge in [-0.05, 0) is 28.1 Å². The quantitative estimate of drug-likeness (QED) is 0.167. The number of hydrogen-bond donors (Lipinski definition) is 1. The molecule has 0 bridgehead atoms. The van der Waals surface area contributed by atoms with Crippen LogP contribution in [0.2, 0.25) is 0 Å². The third kappa shape index (κ3) is 5.41. The van der Waals surface area contributed by atoms with Crippen LogP contribution in [0.3, 0.4) is 0 Å². The molecule has 0 atom stereocenters. The summed E-state index contributed by atoms with van der Waals surface area (Å²) in [5.41, 5.74) is 2.55. The Kier molecular flexibility index (Phi) is 6.76. The van der Waals surface area contributed by atoms with E-state index in [1.54, 1.807) is 30.5 Å². The first-order chi connectivity index (χ1) is 15.9. The minimum absolute atomic E-state index is 0.0245. The van der Waals surface area contributed by atoms with Gasteiger partial charge in [0, 0.05) is 39.5 Å². The van der Waals surface area contributed by atoms with Crippen LogP contribution in [0.1, 0.15) is 11.1 Å². The number of aromatic hydroxyl groups is 1. The first-order valence-electron chi connectivity index (χ1n) is 9.56. The minimum atomic E-state index is -0.458. The average molecular weight is 569 g/mol. The van der Waals surface area contributed by atoms with Crippen LogP contribution in [0, 0.1) is 10.1 Å². The molecule has 3 aromatic carbocycles. The van der Waals surface area contributed by atoms with Crippen molar-refractivity contribution in [2.75, 3.05) is 0 Å². The van der Waals surface area contributed by atoms with Crippen LogP contribution in [-0.2, 0) is 0 Å². The molecule has 10 heteroatoms. The van der Waals surface area contributed by atoms with Crippen molar-refractivity contribution in [2.24, 2.45) is 10.1 Å². The van der Waals surface area contributed by atoms with E-state index in [4.69, 9.17) is 0 Å². The molecule has 0 aliphatic carbocycles. The van der Waals surface area contributed by atoms with Crippen LogP contribution in [0.4, 0.5) is 11.6 Å². The number of rotatable bonds is 6. The lowest BCUT2D eigenvalue weighted by molar-refractivity contribution is -0.384. The Bertz CT molecular complexity index is 1380. The van der Waals surface area contributed by atoms with Gasteiger partial charge in [0.25, 0.3) is 11.6 Å². The van der Waals surface area contributed by atoms with Crippen LogP contribution in [0.15, 0.2) is 92.0 Å². The van der Waals surface area contributed by atoms with Crippen molar-refractivity contribution in [3.8, 4) is 17.0 Å². The number of nitro groups is 1. The Morgan fingerprint density at radius 3 is 2.58 bits per heavy atom. The van der Waals surface area contributed by atoms with Crippen LogP contribution < -0.4 is 0 Å². The largest absolute Gasteiger partial charge is 0.506 e. The van der Waals surface area contributed by atoms with Crippen molar-refractivity contribution < 1.29 is 10.0 Å². The molecule has 1 aromatic heterocycles. The molecule has 0 aliphatic rings. The van der Waals surface area contributed by atoms with Gasteiger partial charge in [0.05, 0.1) is 27.5 Å². The molecule has 1 heterocycles. The van der Waals surface area contributed by atoms with Crippen LogP contribution in [-0.4, -0.2) is 32.1 Å². The SMILES string of the molecule is O=[N+]([O-])c1cccc(/C=N\n2cc(-c3ccccc3)nc2N=Cc2cc(Br)cc(Br)c2O)c1. The number of imidazole rings is 1. The summed E-state index contributed by atoms with van der Waals surface area (Å²) in [6.07, 6.45) is 4.70. The molecule has 4 rings (SSSR count). The second-order valence-electron chi connectivity index (χ2n) is 6.82. The Morgan fingerprint density at radius 1 is 1.03 bits per heavy atom. The highest BCUT2D eigenvalue weighted by Gasteiger charge is 2.10. The standard InChI is InChI=1S/C23H15Br2N5O3/c24-18-10-17(22(31)20(25)11-18)13-26-23-28-21(16-6-2-1-3-7-16)14-29(23)27-12-15-5-4-8-19(9-15)30(32)33/h1-14,31H/b26-13?,27-12-. The number of aromatic nitrogens is 2. The van der Waals surface area contributed by atoms with E-state index in [0.29, 0.717) is 21.3 Å². The number of nitro benzene ring substituents is 1. The molecule has 8 nitrogen and oxygen atoms in total. The summed E-state index contributed by atoms with van der Waals surface area (Å²) in [4.78, 5) is 19.6. The molecule has 0 fully saturated rings. The van der Waals surface area contributed by atoms with Crippen LogP contribution in [0.25, 0.3) is 11.3 Å². The van der Waals surface area contributed by atoms with Crippen LogP contribution in [0.5, 0.6) is 5.75 Å². The van der Waals surface area contributed by atoms with Gasteiger partial charge < -0.3 is 5.11 Å². The van der Waals surface area contributed by atoms with Crippen molar-refractivity contribution in [1.29, 1.82) is 0 Å². The molecule has 164 valence electrons. The number of phenols is 1. The van der Waals surface area contributed by atoms with Gasteiger partial charge in [-0.2, -0.15) is 5.10 Å². The maximum atomic E-state index is 11.0. The summed E-state index contributed by atoms with van der Waals surface area (Å²) in [5.74, 6) is 0.314. The maximum Gasteiger partial charge on any atom is 0.270 e. The molecule has 0 amide bonds. The second kappa shape index (κ2) is 9.88. The van der Waals surface area contributed by atoms with E-state index in [-0.39, 0.29) is 17.4 Å². The number of hydrogen-bond acceptors (Lipinski definition) is 6. The zero-order valence-electron chi connectivity index (χ0n) is 16.8. The highest BCUT2D eigenvalue weighted by atomic mass is 79.9.